The van der Waals surface area contributed by atoms with E-state index in [0.29, 0.717) is 0 Å². The van der Waals surface area contributed by atoms with Crippen molar-refractivity contribution in [3.8, 4) is 0 Å². The summed E-state index contributed by atoms with van der Waals surface area (Å²) in [5.41, 5.74) is -1.50. The second kappa shape index (κ2) is 9.05. The molecule has 0 spiro atoms. The van der Waals surface area contributed by atoms with Crippen LogP contribution in [0.1, 0.15) is 34.6 Å². The van der Waals surface area contributed by atoms with E-state index >= 15 is 0 Å². The van der Waals surface area contributed by atoms with E-state index in [4.69, 9.17) is 23.7 Å². The average Bonchev–Trinajstić information content (AvgIpc) is 3.33. The van der Waals surface area contributed by atoms with Crippen molar-refractivity contribution in [3.63, 3.8) is 0 Å². The lowest BCUT2D eigenvalue weighted by Gasteiger charge is -2.33. The summed E-state index contributed by atoms with van der Waals surface area (Å²) in [6.07, 6.45) is -0.935. The molecule has 33 heavy (non-hydrogen) atoms. The molecule has 11 nitrogen and oxygen atoms in total. The van der Waals surface area contributed by atoms with Gasteiger partial charge in [0.05, 0.1) is 26.4 Å². The molecule has 3 saturated heterocycles. The van der Waals surface area contributed by atoms with Crippen molar-refractivity contribution in [3.05, 3.63) is 12.2 Å². The number of rotatable bonds is 7. The van der Waals surface area contributed by atoms with Gasteiger partial charge >= 0.3 is 5.97 Å². The largest absolute Gasteiger partial charge is 0.466 e. The van der Waals surface area contributed by atoms with Crippen LogP contribution < -0.4 is 0 Å². The summed E-state index contributed by atoms with van der Waals surface area (Å²) in [5.74, 6) is -3.91. The van der Waals surface area contributed by atoms with Crippen molar-refractivity contribution in [2.24, 2.45) is 5.41 Å². The third-order valence-corrected chi connectivity index (χ3v) is 6.14. The first-order valence-corrected chi connectivity index (χ1v) is 10.7. The van der Waals surface area contributed by atoms with Crippen molar-refractivity contribution < 1.29 is 47.9 Å². The van der Waals surface area contributed by atoms with Gasteiger partial charge < -0.3 is 33.5 Å². The molecule has 0 saturated carbocycles. The lowest BCUT2D eigenvalue weighted by atomic mass is 9.87. The number of esters is 1. The highest BCUT2D eigenvalue weighted by Gasteiger charge is 2.62. The van der Waals surface area contributed by atoms with Gasteiger partial charge in [-0.05, 0) is 34.6 Å². The zero-order chi connectivity index (χ0) is 24.8. The van der Waals surface area contributed by atoms with Crippen molar-refractivity contribution in [1.82, 2.24) is 4.90 Å². The van der Waals surface area contributed by atoms with E-state index in [1.807, 2.05) is 0 Å². The number of carbonyl (C=O) groups is 3. The van der Waals surface area contributed by atoms with Gasteiger partial charge in [0.25, 0.3) is 5.91 Å². The minimum Gasteiger partial charge on any atom is -0.466 e. The molecule has 0 aromatic carbocycles. The normalized spacial score (nSPS) is 36.7. The smallest absolute Gasteiger partial charge is 0.330 e. The van der Waals surface area contributed by atoms with Crippen LogP contribution in [0.5, 0.6) is 0 Å². The van der Waals surface area contributed by atoms with E-state index in [1.165, 1.54) is 27.2 Å². The van der Waals surface area contributed by atoms with Gasteiger partial charge in [0.1, 0.15) is 23.7 Å². The molecule has 0 aliphatic carbocycles. The van der Waals surface area contributed by atoms with Crippen LogP contribution in [0.25, 0.3) is 0 Å². The minimum absolute atomic E-state index is 0.206. The third-order valence-electron chi connectivity index (χ3n) is 6.14. The summed E-state index contributed by atoms with van der Waals surface area (Å²) in [7, 11) is 2.50. The molecule has 0 radical (unpaired) electrons. The molecule has 2 amide bonds. The van der Waals surface area contributed by atoms with Crippen LogP contribution >= 0.6 is 0 Å². The summed E-state index contributed by atoms with van der Waals surface area (Å²) in [6.45, 7) is 7.98. The summed E-state index contributed by atoms with van der Waals surface area (Å²) >= 11 is 0. The Morgan fingerprint density at radius 3 is 2.30 bits per heavy atom. The maximum absolute atomic E-state index is 13.4. The van der Waals surface area contributed by atoms with Gasteiger partial charge in [-0.25, -0.2) is 4.79 Å². The Morgan fingerprint density at radius 1 is 1.15 bits per heavy atom. The molecule has 0 aromatic heterocycles. The number of aliphatic hydroxyl groups is 1. The molecule has 0 unspecified atom stereocenters. The molecule has 3 aliphatic rings. The second-order valence-corrected chi connectivity index (χ2v) is 9.51. The number of imide groups is 1. The average molecular weight is 472 g/mol. The van der Waals surface area contributed by atoms with E-state index in [2.05, 4.69) is 4.74 Å². The van der Waals surface area contributed by atoms with E-state index in [9.17, 15) is 19.5 Å². The highest BCUT2D eigenvalue weighted by atomic mass is 16.8. The third kappa shape index (κ3) is 4.71. The van der Waals surface area contributed by atoms with Crippen LogP contribution in [-0.2, 0) is 42.8 Å². The number of carbonyl (C=O) groups excluding carboxylic acids is 3. The number of amides is 2. The van der Waals surface area contributed by atoms with Gasteiger partial charge in [0.15, 0.2) is 17.7 Å². The quantitative estimate of drug-likeness (QED) is 0.311. The Bertz CT molecular complexity index is 824. The van der Waals surface area contributed by atoms with Gasteiger partial charge in [-0.3, -0.25) is 14.5 Å². The van der Waals surface area contributed by atoms with Gasteiger partial charge in [0.2, 0.25) is 5.91 Å². The number of hydrogen-bond acceptors (Lipinski definition) is 10. The molecule has 11 heteroatoms. The highest BCUT2D eigenvalue weighted by Crippen LogP contribution is 2.42. The maximum Gasteiger partial charge on any atom is 0.330 e. The molecule has 0 bridgehead atoms. The first kappa shape index (κ1) is 25.7. The summed E-state index contributed by atoms with van der Waals surface area (Å²) in [5, 5.41) is 9.94. The first-order chi connectivity index (χ1) is 15.3. The lowest BCUT2D eigenvalue weighted by molar-refractivity contribution is -0.175. The minimum atomic E-state index is -1.50. The summed E-state index contributed by atoms with van der Waals surface area (Å²) in [6, 6.07) is -1.07. The van der Waals surface area contributed by atoms with Gasteiger partial charge in [0, 0.05) is 13.2 Å². The maximum atomic E-state index is 13.4. The fourth-order valence-electron chi connectivity index (χ4n) is 4.51. The van der Waals surface area contributed by atoms with Crippen LogP contribution in [0.4, 0.5) is 0 Å². The monoisotopic (exact) mass is 471 g/mol. The molecule has 0 aromatic rings. The Morgan fingerprint density at radius 2 is 1.82 bits per heavy atom. The molecule has 3 fully saturated rings. The number of nitrogens with zero attached hydrogens (tertiary/aromatic N) is 1. The Labute approximate surface area is 192 Å². The fourth-order valence-corrected chi connectivity index (χ4v) is 4.51. The molecule has 3 heterocycles. The van der Waals surface area contributed by atoms with Crippen LogP contribution in [0.2, 0.25) is 0 Å². The second-order valence-electron chi connectivity index (χ2n) is 9.51. The van der Waals surface area contributed by atoms with Crippen LogP contribution in [0, 0.1) is 5.41 Å². The zero-order valence-electron chi connectivity index (χ0n) is 20.0. The van der Waals surface area contributed by atoms with Crippen LogP contribution in [-0.4, -0.2) is 97.3 Å². The van der Waals surface area contributed by atoms with Crippen molar-refractivity contribution >= 4 is 17.8 Å². The Kier molecular flexibility index (Phi) is 7.05. The molecule has 186 valence electrons. The van der Waals surface area contributed by atoms with Gasteiger partial charge in [-0.1, -0.05) is 6.08 Å². The van der Waals surface area contributed by atoms with E-state index in [0.717, 1.165) is 11.0 Å². The van der Waals surface area contributed by atoms with Crippen molar-refractivity contribution in [1.29, 1.82) is 0 Å². The SMILES string of the molecule is COC(=O)/C=C/[C@@H]([C@H]1OC(C)(C)O[C@@H]1[C@H]1COC(C)(C)O1)N1C(=O)[C@@H](OC)[C@](C)(CO)C1=O. The van der Waals surface area contributed by atoms with E-state index < -0.39 is 71.8 Å². The van der Waals surface area contributed by atoms with Gasteiger partial charge in [-0.2, -0.15) is 0 Å². The topological polar surface area (TPSA) is 130 Å². The number of methoxy groups -OCH3 is 2. The highest BCUT2D eigenvalue weighted by molar-refractivity contribution is 6.09. The standard InChI is InChI=1S/C22H33NO10/c1-20(2)30-10-13(31-20)16-15(32-21(3,4)33-16)12(8-9-14(25)28-6)23-18(26)17(29-7)22(5,11-24)19(23)27/h8-9,12-13,15-17,24H,10-11H2,1-7H3/b9-8+/t12-,13+,15+,16+,17+,22-/m0/s1. The molecule has 3 rings (SSSR count). The number of aliphatic hydroxyl groups excluding tert-OH is 1. The van der Waals surface area contributed by atoms with Crippen molar-refractivity contribution in [2.45, 2.75) is 76.7 Å². The molecule has 1 N–H and O–H groups in total. The van der Waals surface area contributed by atoms with E-state index in [1.54, 1.807) is 27.7 Å². The summed E-state index contributed by atoms with van der Waals surface area (Å²) in [4.78, 5) is 39.5. The molecular formula is C22H33NO10. The number of ether oxygens (including phenoxy) is 6. The predicted octanol–water partition coefficient (Wildman–Crippen LogP) is 0.138. The van der Waals surface area contributed by atoms with Gasteiger partial charge in [-0.15, -0.1) is 0 Å². The van der Waals surface area contributed by atoms with Crippen molar-refractivity contribution in [2.75, 3.05) is 27.4 Å². The summed E-state index contributed by atoms with van der Waals surface area (Å²) < 4.78 is 33.9. The number of likely N-dealkylation sites (tertiary alicyclic amines) is 1. The molecule has 6 atom stereocenters. The number of hydrogen-bond donors (Lipinski definition) is 1. The lowest BCUT2D eigenvalue weighted by Crippen LogP contribution is -2.53. The zero-order valence-corrected chi connectivity index (χ0v) is 20.0. The first-order valence-electron chi connectivity index (χ1n) is 10.7. The predicted molar refractivity (Wildman–Crippen MR) is 112 cm³/mol. The molecule has 3 aliphatic heterocycles. The Hall–Kier alpha value is -1.89. The van der Waals surface area contributed by atoms with E-state index in [-0.39, 0.29) is 6.61 Å². The Balaban J connectivity index is 2.04. The van der Waals surface area contributed by atoms with Crippen LogP contribution in [0.15, 0.2) is 12.2 Å². The fraction of sp³-hybridized carbons (Fsp3) is 0.773. The molecular weight excluding hydrogens is 438 g/mol. The van der Waals surface area contributed by atoms with Crippen LogP contribution in [0.3, 0.4) is 0 Å².